The zero-order chi connectivity index (χ0) is 22.1. The van der Waals surface area contributed by atoms with Gasteiger partial charge in [0, 0.05) is 0 Å². The Morgan fingerprint density at radius 1 is 0.867 bits per heavy atom. The highest BCUT2D eigenvalue weighted by atomic mass is 19.4. The maximum absolute atomic E-state index is 13.6. The van der Waals surface area contributed by atoms with Gasteiger partial charge in [-0.05, 0) is 67.1 Å². The highest BCUT2D eigenvalue weighted by molar-refractivity contribution is 5.72. The second-order valence-corrected chi connectivity index (χ2v) is 8.71. The molecule has 0 bridgehead atoms. The SMILES string of the molecule is CCCC1CCC(C2CC=C(c3ccc(O)c(C(F)(F)F)c3C(F)(F)F)CC2)CC1. The number of aromatic hydroxyl groups is 1. The first kappa shape index (κ1) is 23.0. The molecule has 2 aliphatic carbocycles. The van der Waals surface area contributed by atoms with Gasteiger partial charge in [0.2, 0.25) is 0 Å². The van der Waals surface area contributed by atoms with Gasteiger partial charge in [-0.3, -0.25) is 0 Å². The molecule has 1 aromatic carbocycles. The number of alkyl halides is 6. The molecule has 0 heterocycles. The van der Waals surface area contributed by atoms with Gasteiger partial charge in [0.1, 0.15) is 11.3 Å². The molecule has 30 heavy (non-hydrogen) atoms. The van der Waals surface area contributed by atoms with E-state index in [0.29, 0.717) is 36.7 Å². The normalized spacial score (nSPS) is 25.8. The van der Waals surface area contributed by atoms with Crippen LogP contribution in [0, 0.1) is 17.8 Å². The number of hydrogen-bond acceptors (Lipinski definition) is 1. The fourth-order valence-corrected chi connectivity index (χ4v) is 5.32. The van der Waals surface area contributed by atoms with Crippen LogP contribution in [0.3, 0.4) is 0 Å². The molecule has 0 saturated heterocycles. The Morgan fingerprint density at radius 3 is 2.00 bits per heavy atom. The lowest BCUT2D eigenvalue weighted by atomic mass is 9.70. The number of phenolic OH excluding ortho intramolecular Hbond substituents is 1. The van der Waals surface area contributed by atoms with Crippen LogP contribution in [-0.4, -0.2) is 5.11 Å². The van der Waals surface area contributed by atoms with Gasteiger partial charge < -0.3 is 5.11 Å². The number of rotatable bonds is 4. The van der Waals surface area contributed by atoms with E-state index in [9.17, 15) is 31.4 Å². The summed E-state index contributed by atoms with van der Waals surface area (Å²) in [4.78, 5) is 0. The van der Waals surface area contributed by atoms with Gasteiger partial charge in [0.25, 0.3) is 0 Å². The Hall–Kier alpha value is -1.66. The fourth-order valence-electron chi connectivity index (χ4n) is 5.32. The lowest BCUT2D eigenvalue weighted by molar-refractivity contribution is -0.163. The summed E-state index contributed by atoms with van der Waals surface area (Å²) in [5, 5.41) is 9.55. The van der Waals surface area contributed by atoms with Crippen LogP contribution >= 0.6 is 0 Å². The Morgan fingerprint density at radius 2 is 1.50 bits per heavy atom. The molecule has 1 aromatic rings. The molecule has 0 spiro atoms. The van der Waals surface area contributed by atoms with Gasteiger partial charge in [-0.15, -0.1) is 0 Å². The van der Waals surface area contributed by atoms with Gasteiger partial charge >= 0.3 is 12.4 Å². The van der Waals surface area contributed by atoms with E-state index in [1.165, 1.54) is 25.7 Å². The lowest BCUT2D eigenvalue weighted by Crippen LogP contribution is -2.24. The number of phenols is 1. The molecule has 0 aromatic heterocycles. The summed E-state index contributed by atoms with van der Waals surface area (Å²) in [5.41, 5.74) is -3.94. The standard InChI is InChI=1S/C23H28F6O/c1-2-3-14-4-6-15(7-5-14)16-8-10-17(11-9-16)18-12-13-19(30)21(23(27,28)29)20(18)22(24,25)26/h10,12-16,30H,2-9,11H2,1H3. The predicted molar refractivity (Wildman–Crippen MR) is 104 cm³/mol. The summed E-state index contributed by atoms with van der Waals surface area (Å²) in [7, 11) is 0. The maximum Gasteiger partial charge on any atom is 0.420 e. The fraction of sp³-hybridized carbons (Fsp3) is 0.652. The predicted octanol–water partition coefficient (Wildman–Crippen LogP) is 8.22. The zero-order valence-corrected chi connectivity index (χ0v) is 17.0. The third-order valence-corrected chi connectivity index (χ3v) is 6.80. The highest BCUT2D eigenvalue weighted by Gasteiger charge is 2.47. The second kappa shape index (κ2) is 8.83. The summed E-state index contributed by atoms with van der Waals surface area (Å²) in [6.45, 7) is 2.18. The maximum atomic E-state index is 13.6. The topological polar surface area (TPSA) is 20.2 Å². The molecule has 0 aliphatic heterocycles. The van der Waals surface area contributed by atoms with Crippen LogP contribution in [0.2, 0.25) is 0 Å². The van der Waals surface area contributed by atoms with Gasteiger partial charge in [0.05, 0.1) is 5.56 Å². The third-order valence-electron chi connectivity index (χ3n) is 6.80. The van der Waals surface area contributed by atoms with Gasteiger partial charge in [-0.25, -0.2) is 0 Å². The molecule has 1 atom stereocenters. The molecule has 1 saturated carbocycles. The molecule has 1 N–H and O–H groups in total. The summed E-state index contributed by atoms with van der Waals surface area (Å²) >= 11 is 0. The lowest BCUT2D eigenvalue weighted by Gasteiger charge is -2.36. The third kappa shape index (κ3) is 4.97. The molecule has 3 rings (SSSR count). The van der Waals surface area contributed by atoms with Gasteiger partial charge in [0.15, 0.2) is 0 Å². The van der Waals surface area contributed by atoms with Crippen molar-refractivity contribution in [3.05, 3.63) is 34.9 Å². The van der Waals surface area contributed by atoms with Crippen molar-refractivity contribution in [3.63, 3.8) is 0 Å². The van der Waals surface area contributed by atoms with E-state index < -0.39 is 34.8 Å². The van der Waals surface area contributed by atoms with Crippen LogP contribution in [0.25, 0.3) is 5.57 Å². The minimum Gasteiger partial charge on any atom is -0.507 e. The summed E-state index contributed by atoms with van der Waals surface area (Å²) in [6, 6.07) is 1.69. The molecule has 2 aliphatic rings. The van der Waals surface area contributed by atoms with Crippen LogP contribution < -0.4 is 0 Å². The van der Waals surface area contributed by atoms with Gasteiger partial charge in [-0.2, -0.15) is 26.3 Å². The molecular formula is C23H28F6O. The number of allylic oxidation sites excluding steroid dienone is 2. The van der Waals surface area contributed by atoms with E-state index in [-0.39, 0.29) is 0 Å². The van der Waals surface area contributed by atoms with Gasteiger partial charge in [-0.1, -0.05) is 44.7 Å². The Labute approximate surface area is 173 Å². The van der Waals surface area contributed by atoms with Crippen molar-refractivity contribution in [3.8, 4) is 5.75 Å². The van der Waals surface area contributed by atoms with E-state index in [0.717, 1.165) is 30.9 Å². The van der Waals surface area contributed by atoms with Crippen LogP contribution in [0.1, 0.15) is 81.4 Å². The van der Waals surface area contributed by atoms with E-state index in [4.69, 9.17) is 0 Å². The molecule has 1 nitrogen and oxygen atoms in total. The molecule has 1 unspecified atom stereocenters. The van der Waals surface area contributed by atoms with Crippen molar-refractivity contribution in [2.75, 3.05) is 0 Å². The molecule has 0 radical (unpaired) electrons. The minimum atomic E-state index is -5.29. The van der Waals surface area contributed by atoms with E-state index >= 15 is 0 Å². The van der Waals surface area contributed by atoms with Crippen molar-refractivity contribution >= 4 is 5.57 Å². The molecule has 168 valence electrons. The van der Waals surface area contributed by atoms with E-state index in [1.54, 1.807) is 6.08 Å². The summed E-state index contributed by atoms with van der Waals surface area (Å²) in [5.74, 6) is 0.304. The smallest absolute Gasteiger partial charge is 0.420 e. The quantitative estimate of drug-likeness (QED) is 0.473. The number of benzene rings is 1. The average molecular weight is 434 g/mol. The first-order valence-corrected chi connectivity index (χ1v) is 10.7. The van der Waals surface area contributed by atoms with Crippen LogP contribution in [-0.2, 0) is 12.4 Å². The largest absolute Gasteiger partial charge is 0.507 e. The average Bonchev–Trinajstić information content (AvgIpc) is 2.67. The Balaban J connectivity index is 1.83. The Kier molecular flexibility index (Phi) is 6.78. The Bertz CT molecular complexity index is 769. The van der Waals surface area contributed by atoms with E-state index in [1.807, 2.05) is 0 Å². The highest BCUT2D eigenvalue weighted by Crippen LogP contribution is 2.49. The summed E-state index contributed by atoms with van der Waals surface area (Å²) < 4.78 is 80.7. The van der Waals surface area contributed by atoms with Crippen LogP contribution in [0.15, 0.2) is 18.2 Å². The number of halogens is 6. The van der Waals surface area contributed by atoms with E-state index in [2.05, 4.69) is 6.92 Å². The monoisotopic (exact) mass is 434 g/mol. The van der Waals surface area contributed by atoms with Crippen molar-refractivity contribution in [2.24, 2.45) is 17.8 Å². The zero-order valence-electron chi connectivity index (χ0n) is 17.0. The van der Waals surface area contributed by atoms with Crippen molar-refractivity contribution in [2.45, 2.75) is 77.1 Å². The minimum absolute atomic E-state index is 0.295. The van der Waals surface area contributed by atoms with Crippen LogP contribution in [0.5, 0.6) is 5.75 Å². The molecular weight excluding hydrogens is 406 g/mol. The molecule has 1 fully saturated rings. The van der Waals surface area contributed by atoms with Crippen LogP contribution in [0.4, 0.5) is 26.3 Å². The first-order chi connectivity index (χ1) is 14.0. The number of hydrogen-bond donors (Lipinski definition) is 1. The summed E-state index contributed by atoms with van der Waals surface area (Å²) in [6.07, 6.45) is -0.150. The molecule has 7 heteroatoms. The first-order valence-electron chi connectivity index (χ1n) is 10.7. The van der Waals surface area contributed by atoms with Crippen molar-refractivity contribution in [1.29, 1.82) is 0 Å². The second-order valence-electron chi connectivity index (χ2n) is 8.71. The van der Waals surface area contributed by atoms with Crippen molar-refractivity contribution < 1.29 is 31.4 Å². The van der Waals surface area contributed by atoms with Crippen molar-refractivity contribution in [1.82, 2.24) is 0 Å². The molecule has 0 amide bonds.